The Hall–Kier alpha value is -2.39. The number of aromatic amines is 1. The summed E-state index contributed by atoms with van der Waals surface area (Å²) in [6, 6.07) is 21.5. The van der Waals surface area contributed by atoms with Crippen molar-refractivity contribution in [3.8, 4) is 0 Å². The fourth-order valence-corrected chi connectivity index (χ4v) is 3.83. The van der Waals surface area contributed by atoms with Gasteiger partial charge in [-0.2, -0.15) is 5.10 Å². The first-order valence-corrected chi connectivity index (χ1v) is 9.21. The number of H-pyrrole nitrogens is 1. The molecule has 128 valence electrons. The highest BCUT2D eigenvalue weighted by molar-refractivity contribution is 5.29. The summed E-state index contributed by atoms with van der Waals surface area (Å²) in [6.45, 7) is 3.46. The smallest absolute Gasteiger partial charge is 0.0525 e. The minimum absolute atomic E-state index is 0.581. The van der Waals surface area contributed by atoms with Crippen LogP contribution in [-0.4, -0.2) is 34.7 Å². The van der Waals surface area contributed by atoms with Gasteiger partial charge in [-0.05, 0) is 36.1 Å². The van der Waals surface area contributed by atoms with Gasteiger partial charge in [0.2, 0.25) is 0 Å². The lowest BCUT2D eigenvalue weighted by molar-refractivity contribution is 0.338. The third kappa shape index (κ3) is 3.99. The van der Waals surface area contributed by atoms with Crippen molar-refractivity contribution in [3.63, 3.8) is 0 Å². The number of nitrogens with zero attached hydrogens (tertiary/aromatic N) is 2. The molecule has 1 N–H and O–H groups in total. The molecule has 1 atom stereocenters. The zero-order chi connectivity index (χ0) is 16.9. The Morgan fingerprint density at radius 2 is 1.68 bits per heavy atom. The fraction of sp³-hybridized carbons (Fsp3) is 0.318. The van der Waals surface area contributed by atoms with Crippen LogP contribution in [0, 0.1) is 0 Å². The number of aromatic nitrogens is 2. The van der Waals surface area contributed by atoms with Gasteiger partial charge in [-0.3, -0.25) is 5.10 Å². The number of hydrogen-bond donors (Lipinski definition) is 1. The monoisotopic (exact) mass is 331 g/mol. The van der Waals surface area contributed by atoms with Gasteiger partial charge in [-0.15, -0.1) is 0 Å². The van der Waals surface area contributed by atoms with Crippen LogP contribution >= 0.6 is 0 Å². The molecule has 1 saturated heterocycles. The Balaban J connectivity index is 1.37. The highest BCUT2D eigenvalue weighted by atomic mass is 15.2. The van der Waals surface area contributed by atoms with E-state index in [0.29, 0.717) is 5.92 Å². The molecular formula is C22H25N3. The molecule has 3 aromatic rings. The van der Waals surface area contributed by atoms with Crippen LogP contribution in [0.5, 0.6) is 0 Å². The van der Waals surface area contributed by atoms with E-state index in [9.17, 15) is 0 Å². The molecule has 1 aliphatic rings. The highest BCUT2D eigenvalue weighted by Gasteiger charge is 2.26. The molecular weight excluding hydrogens is 306 g/mol. The number of hydrogen-bond acceptors (Lipinski definition) is 2. The molecule has 0 aliphatic carbocycles. The third-order valence-corrected chi connectivity index (χ3v) is 5.23. The number of nitrogens with one attached hydrogen (secondary N) is 1. The van der Waals surface area contributed by atoms with E-state index < -0.39 is 0 Å². The van der Waals surface area contributed by atoms with E-state index in [0.717, 1.165) is 25.9 Å². The lowest BCUT2D eigenvalue weighted by Crippen LogP contribution is -2.23. The van der Waals surface area contributed by atoms with Gasteiger partial charge in [0, 0.05) is 31.1 Å². The second-order valence-corrected chi connectivity index (χ2v) is 6.99. The Labute approximate surface area is 149 Å². The fourth-order valence-electron chi connectivity index (χ4n) is 3.83. The van der Waals surface area contributed by atoms with Crippen LogP contribution < -0.4 is 0 Å². The zero-order valence-electron chi connectivity index (χ0n) is 14.6. The molecule has 3 heteroatoms. The Bertz CT molecular complexity index is 779. The van der Waals surface area contributed by atoms with E-state index in [1.807, 2.05) is 6.20 Å². The normalized spacial score (nSPS) is 17.8. The van der Waals surface area contributed by atoms with Gasteiger partial charge >= 0.3 is 0 Å². The predicted molar refractivity (Wildman–Crippen MR) is 102 cm³/mol. The van der Waals surface area contributed by atoms with E-state index in [-0.39, 0.29) is 0 Å². The van der Waals surface area contributed by atoms with E-state index in [4.69, 9.17) is 0 Å². The standard InChI is InChI=1S/C22H25N3/c1-3-7-18(8-4-1)11-13-25-14-12-20(17-25)22-21(16-23-24-22)15-19-9-5-2-6-10-19/h1-10,16,20H,11-15,17H2,(H,23,24). The lowest BCUT2D eigenvalue weighted by atomic mass is 9.97. The first kappa shape index (κ1) is 16.1. The van der Waals surface area contributed by atoms with Crippen LogP contribution in [-0.2, 0) is 12.8 Å². The maximum atomic E-state index is 4.34. The van der Waals surface area contributed by atoms with Gasteiger partial charge in [-0.1, -0.05) is 60.7 Å². The average molecular weight is 331 g/mol. The van der Waals surface area contributed by atoms with E-state index in [1.165, 1.54) is 35.3 Å². The van der Waals surface area contributed by atoms with Gasteiger partial charge in [0.05, 0.1) is 6.20 Å². The molecule has 0 bridgehead atoms. The van der Waals surface area contributed by atoms with Crippen molar-refractivity contribution in [2.24, 2.45) is 0 Å². The van der Waals surface area contributed by atoms with Gasteiger partial charge < -0.3 is 4.90 Å². The van der Waals surface area contributed by atoms with E-state index >= 15 is 0 Å². The summed E-state index contributed by atoms with van der Waals surface area (Å²) in [4.78, 5) is 2.59. The number of benzene rings is 2. The maximum Gasteiger partial charge on any atom is 0.0525 e. The van der Waals surface area contributed by atoms with Crippen LogP contribution in [0.2, 0.25) is 0 Å². The van der Waals surface area contributed by atoms with E-state index in [1.54, 1.807) is 0 Å². The Morgan fingerprint density at radius 1 is 0.960 bits per heavy atom. The topological polar surface area (TPSA) is 31.9 Å². The van der Waals surface area contributed by atoms with Gasteiger partial charge in [-0.25, -0.2) is 0 Å². The molecule has 0 amide bonds. The molecule has 1 aliphatic heterocycles. The lowest BCUT2D eigenvalue weighted by Gasteiger charge is -2.16. The van der Waals surface area contributed by atoms with Gasteiger partial charge in [0.15, 0.2) is 0 Å². The molecule has 0 spiro atoms. The van der Waals surface area contributed by atoms with Crippen molar-refractivity contribution in [2.75, 3.05) is 19.6 Å². The first-order valence-electron chi connectivity index (χ1n) is 9.21. The highest BCUT2D eigenvalue weighted by Crippen LogP contribution is 2.29. The molecule has 1 aromatic heterocycles. The number of likely N-dealkylation sites (tertiary alicyclic amines) is 1. The van der Waals surface area contributed by atoms with Crippen molar-refractivity contribution in [1.29, 1.82) is 0 Å². The quantitative estimate of drug-likeness (QED) is 0.739. The molecule has 1 unspecified atom stereocenters. The van der Waals surface area contributed by atoms with Crippen molar-refractivity contribution >= 4 is 0 Å². The van der Waals surface area contributed by atoms with Crippen LogP contribution in [0.25, 0.3) is 0 Å². The molecule has 0 radical (unpaired) electrons. The summed E-state index contributed by atoms with van der Waals surface area (Å²) in [6.07, 6.45) is 5.33. The molecule has 4 rings (SSSR count). The summed E-state index contributed by atoms with van der Waals surface area (Å²) < 4.78 is 0. The minimum Gasteiger partial charge on any atom is -0.302 e. The molecule has 1 fully saturated rings. The second-order valence-electron chi connectivity index (χ2n) is 6.99. The SMILES string of the molecule is c1ccc(CCN2CCC(c3[nH]ncc3Cc3ccccc3)C2)cc1. The molecule has 2 aromatic carbocycles. The third-order valence-electron chi connectivity index (χ3n) is 5.23. The largest absolute Gasteiger partial charge is 0.302 e. The van der Waals surface area contributed by atoms with Gasteiger partial charge in [0.25, 0.3) is 0 Å². The van der Waals surface area contributed by atoms with Crippen molar-refractivity contribution in [3.05, 3.63) is 89.2 Å². The summed E-state index contributed by atoms with van der Waals surface area (Å²) in [5, 5.41) is 7.62. The van der Waals surface area contributed by atoms with Crippen molar-refractivity contribution in [1.82, 2.24) is 15.1 Å². The average Bonchev–Trinajstić information content (AvgIpc) is 3.31. The van der Waals surface area contributed by atoms with Crippen LogP contribution in [0.1, 0.15) is 34.7 Å². The Kier molecular flexibility index (Phi) is 4.93. The maximum absolute atomic E-state index is 4.34. The van der Waals surface area contributed by atoms with Crippen molar-refractivity contribution < 1.29 is 0 Å². The van der Waals surface area contributed by atoms with Crippen LogP contribution in [0.15, 0.2) is 66.9 Å². The zero-order valence-corrected chi connectivity index (χ0v) is 14.6. The summed E-state index contributed by atoms with van der Waals surface area (Å²) in [7, 11) is 0. The van der Waals surface area contributed by atoms with Gasteiger partial charge in [0.1, 0.15) is 0 Å². The minimum atomic E-state index is 0.581. The molecule has 2 heterocycles. The second kappa shape index (κ2) is 7.66. The summed E-state index contributed by atoms with van der Waals surface area (Å²) in [5.41, 5.74) is 5.47. The first-order chi connectivity index (χ1) is 12.4. The molecule has 3 nitrogen and oxygen atoms in total. The van der Waals surface area contributed by atoms with Crippen LogP contribution in [0.3, 0.4) is 0 Å². The van der Waals surface area contributed by atoms with E-state index in [2.05, 4.69) is 75.8 Å². The number of rotatable bonds is 6. The Morgan fingerprint density at radius 3 is 2.44 bits per heavy atom. The summed E-state index contributed by atoms with van der Waals surface area (Å²) >= 11 is 0. The van der Waals surface area contributed by atoms with Crippen molar-refractivity contribution in [2.45, 2.75) is 25.2 Å². The van der Waals surface area contributed by atoms with Crippen LogP contribution in [0.4, 0.5) is 0 Å². The molecule has 0 saturated carbocycles. The molecule has 25 heavy (non-hydrogen) atoms. The summed E-state index contributed by atoms with van der Waals surface area (Å²) in [5.74, 6) is 0.581. The predicted octanol–water partition coefficient (Wildman–Crippen LogP) is 4.03.